The zero-order valence-electron chi connectivity index (χ0n) is 16.1. The highest BCUT2D eigenvalue weighted by Crippen LogP contribution is 2.23. The first-order valence-corrected chi connectivity index (χ1v) is 9.55. The fourth-order valence-corrected chi connectivity index (χ4v) is 3.22. The van der Waals surface area contributed by atoms with Gasteiger partial charge in [-0.2, -0.15) is 15.1 Å². The summed E-state index contributed by atoms with van der Waals surface area (Å²) < 4.78 is 3.79. The molecule has 0 aliphatic heterocycles. The van der Waals surface area contributed by atoms with Crippen molar-refractivity contribution in [3.63, 3.8) is 0 Å². The second kappa shape index (κ2) is 7.67. The van der Waals surface area contributed by atoms with Crippen LogP contribution >= 0.6 is 0 Å². The fourth-order valence-electron chi connectivity index (χ4n) is 3.22. The van der Waals surface area contributed by atoms with Gasteiger partial charge in [-0.1, -0.05) is 43.7 Å². The monoisotopic (exact) mass is 376 g/mol. The van der Waals surface area contributed by atoms with E-state index < -0.39 is 0 Å². The number of nitrogens with two attached hydrogens (primary N) is 1. The summed E-state index contributed by atoms with van der Waals surface area (Å²) >= 11 is 0. The van der Waals surface area contributed by atoms with Gasteiger partial charge in [0.1, 0.15) is 0 Å². The van der Waals surface area contributed by atoms with Gasteiger partial charge in [-0.15, -0.1) is 0 Å². The third-order valence-corrected chi connectivity index (χ3v) is 4.59. The molecule has 0 saturated heterocycles. The van der Waals surface area contributed by atoms with E-state index in [2.05, 4.69) is 51.3 Å². The second-order valence-corrected chi connectivity index (χ2v) is 6.64. The van der Waals surface area contributed by atoms with Gasteiger partial charge >= 0.3 is 0 Å². The van der Waals surface area contributed by atoms with Crippen LogP contribution in [0.15, 0.2) is 42.7 Å². The SMILES string of the molecule is CCCc1cnn(-c2nc3c(N)nc(NCc4ccccc4)nc3n2CC)c1. The van der Waals surface area contributed by atoms with Gasteiger partial charge in [0.05, 0.1) is 6.20 Å². The van der Waals surface area contributed by atoms with Gasteiger partial charge in [0.25, 0.3) is 0 Å². The molecule has 3 aromatic heterocycles. The van der Waals surface area contributed by atoms with Crippen molar-refractivity contribution in [3.05, 3.63) is 53.9 Å². The van der Waals surface area contributed by atoms with E-state index in [1.165, 1.54) is 5.56 Å². The van der Waals surface area contributed by atoms with Crippen molar-refractivity contribution in [1.82, 2.24) is 29.3 Å². The Hall–Kier alpha value is -3.42. The molecule has 4 aromatic rings. The van der Waals surface area contributed by atoms with Crippen molar-refractivity contribution < 1.29 is 0 Å². The van der Waals surface area contributed by atoms with Crippen molar-refractivity contribution in [1.29, 1.82) is 0 Å². The maximum absolute atomic E-state index is 6.20. The molecule has 3 N–H and O–H groups in total. The minimum absolute atomic E-state index is 0.356. The van der Waals surface area contributed by atoms with Crippen LogP contribution in [-0.2, 0) is 19.5 Å². The van der Waals surface area contributed by atoms with E-state index in [0.717, 1.165) is 18.4 Å². The molecular weight excluding hydrogens is 352 g/mol. The minimum atomic E-state index is 0.356. The highest BCUT2D eigenvalue weighted by molar-refractivity contribution is 5.84. The van der Waals surface area contributed by atoms with Crippen LogP contribution in [0.25, 0.3) is 17.1 Å². The van der Waals surface area contributed by atoms with Gasteiger partial charge in [0.15, 0.2) is 17.0 Å². The molecule has 3 heterocycles. The first-order chi connectivity index (χ1) is 13.7. The Kier molecular flexibility index (Phi) is 4.92. The zero-order chi connectivity index (χ0) is 19.5. The number of fused-ring (bicyclic) bond motifs is 1. The average molecular weight is 376 g/mol. The number of hydrogen-bond donors (Lipinski definition) is 2. The van der Waals surface area contributed by atoms with Crippen molar-refractivity contribution >= 4 is 22.9 Å². The number of nitrogens with one attached hydrogen (secondary N) is 1. The molecule has 4 rings (SSSR count). The zero-order valence-corrected chi connectivity index (χ0v) is 16.1. The molecule has 0 unspecified atom stereocenters. The van der Waals surface area contributed by atoms with Crippen LogP contribution in [0.4, 0.5) is 11.8 Å². The smallest absolute Gasteiger partial charge is 0.233 e. The lowest BCUT2D eigenvalue weighted by Crippen LogP contribution is -2.08. The van der Waals surface area contributed by atoms with Crippen molar-refractivity contribution in [2.75, 3.05) is 11.1 Å². The Morgan fingerprint density at radius 1 is 1.04 bits per heavy atom. The van der Waals surface area contributed by atoms with E-state index in [1.54, 1.807) is 4.68 Å². The lowest BCUT2D eigenvalue weighted by Gasteiger charge is -2.08. The van der Waals surface area contributed by atoms with Crippen LogP contribution in [0.5, 0.6) is 0 Å². The number of aryl methyl sites for hydroxylation is 2. The Morgan fingerprint density at radius 3 is 2.61 bits per heavy atom. The van der Waals surface area contributed by atoms with Crippen molar-refractivity contribution in [3.8, 4) is 5.95 Å². The molecule has 8 nitrogen and oxygen atoms in total. The van der Waals surface area contributed by atoms with E-state index in [1.807, 2.05) is 35.2 Å². The number of hydrogen-bond acceptors (Lipinski definition) is 6. The summed E-state index contributed by atoms with van der Waals surface area (Å²) in [7, 11) is 0. The normalized spacial score (nSPS) is 11.2. The second-order valence-electron chi connectivity index (χ2n) is 6.64. The molecule has 28 heavy (non-hydrogen) atoms. The van der Waals surface area contributed by atoms with Gasteiger partial charge in [-0.25, -0.2) is 9.67 Å². The third kappa shape index (κ3) is 3.40. The third-order valence-electron chi connectivity index (χ3n) is 4.59. The van der Waals surface area contributed by atoms with Crippen molar-refractivity contribution in [2.24, 2.45) is 0 Å². The molecule has 0 amide bonds. The number of rotatable bonds is 7. The maximum atomic E-state index is 6.20. The Bertz CT molecular complexity index is 1080. The van der Waals surface area contributed by atoms with Crippen LogP contribution in [0.1, 0.15) is 31.4 Å². The van der Waals surface area contributed by atoms with E-state index in [0.29, 0.717) is 42.0 Å². The van der Waals surface area contributed by atoms with E-state index in [-0.39, 0.29) is 0 Å². The number of imidazole rings is 1. The molecular formula is C20H24N8. The van der Waals surface area contributed by atoms with Gasteiger partial charge in [-0.3, -0.25) is 4.57 Å². The van der Waals surface area contributed by atoms with E-state index >= 15 is 0 Å². The molecule has 0 atom stereocenters. The van der Waals surface area contributed by atoms with E-state index in [9.17, 15) is 0 Å². The molecule has 0 aliphatic rings. The summed E-state index contributed by atoms with van der Waals surface area (Å²) in [4.78, 5) is 13.7. The number of nitrogen functional groups attached to an aromatic ring is 1. The summed E-state index contributed by atoms with van der Waals surface area (Å²) in [6.45, 7) is 5.52. The number of aromatic nitrogens is 6. The van der Waals surface area contributed by atoms with Crippen LogP contribution in [-0.4, -0.2) is 29.3 Å². The Morgan fingerprint density at radius 2 is 1.86 bits per heavy atom. The lowest BCUT2D eigenvalue weighted by atomic mass is 10.2. The molecule has 1 aromatic carbocycles. The van der Waals surface area contributed by atoms with Crippen LogP contribution in [0, 0.1) is 0 Å². The molecule has 8 heteroatoms. The largest absolute Gasteiger partial charge is 0.382 e. The number of benzene rings is 1. The van der Waals surface area contributed by atoms with E-state index in [4.69, 9.17) is 5.73 Å². The molecule has 0 saturated carbocycles. The molecule has 0 spiro atoms. The first kappa shape index (κ1) is 18.0. The predicted octanol–water partition coefficient (Wildman–Crippen LogP) is 3.18. The first-order valence-electron chi connectivity index (χ1n) is 9.55. The van der Waals surface area contributed by atoms with Crippen LogP contribution < -0.4 is 11.1 Å². The summed E-state index contributed by atoms with van der Waals surface area (Å²) in [6, 6.07) is 10.1. The highest BCUT2D eigenvalue weighted by Gasteiger charge is 2.17. The standard InChI is InChI=1S/C20H24N8/c1-3-8-15-12-23-28(13-15)20-24-16-17(21)25-19(26-18(16)27(20)4-2)22-11-14-9-6-5-7-10-14/h5-7,9-10,12-13H,3-4,8,11H2,1-2H3,(H3,21,22,25,26). The maximum Gasteiger partial charge on any atom is 0.233 e. The highest BCUT2D eigenvalue weighted by atomic mass is 15.4. The average Bonchev–Trinajstić information content (AvgIpc) is 3.32. The molecule has 144 valence electrons. The van der Waals surface area contributed by atoms with Crippen LogP contribution in [0.2, 0.25) is 0 Å². The van der Waals surface area contributed by atoms with Gasteiger partial charge < -0.3 is 11.1 Å². The molecule has 0 fully saturated rings. The predicted molar refractivity (Wildman–Crippen MR) is 110 cm³/mol. The van der Waals surface area contributed by atoms with Crippen LogP contribution in [0.3, 0.4) is 0 Å². The fraction of sp³-hybridized carbons (Fsp3) is 0.300. The summed E-state index contributed by atoms with van der Waals surface area (Å²) in [5, 5.41) is 7.72. The number of nitrogens with zero attached hydrogens (tertiary/aromatic N) is 6. The molecule has 0 aliphatic carbocycles. The summed E-state index contributed by atoms with van der Waals surface area (Å²) in [5.74, 6) is 1.54. The van der Waals surface area contributed by atoms with Crippen molar-refractivity contribution in [2.45, 2.75) is 39.8 Å². The topological polar surface area (TPSA) is 99.5 Å². The quantitative estimate of drug-likeness (QED) is 0.514. The summed E-state index contributed by atoms with van der Waals surface area (Å²) in [6.07, 6.45) is 5.95. The molecule has 0 bridgehead atoms. The Labute approximate surface area is 163 Å². The van der Waals surface area contributed by atoms with Gasteiger partial charge in [0, 0.05) is 19.3 Å². The molecule has 0 radical (unpaired) electrons. The Balaban J connectivity index is 1.70. The lowest BCUT2D eigenvalue weighted by molar-refractivity contribution is 0.696. The number of anilines is 2. The summed E-state index contributed by atoms with van der Waals surface area (Å²) in [5.41, 5.74) is 9.82. The minimum Gasteiger partial charge on any atom is -0.382 e. The van der Waals surface area contributed by atoms with Gasteiger partial charge in [0.2, 0.25) is 11.9 Å². The van der Waals surface area contributed by atoms with Gasteiger partial charge in [-0.05, 0) is 24.5 Å².